The molecule has 1 amide bonds. The highest BCUT2D eigenvalue weighted by Crippen LogP contribution is 2.30. The number of nitrogens with zero attached hydrogens (tertiary/aromatic N) is 1. The van der Waals surface area contributed by atoms with Gasteiger partial charge >= 0.3 is 0 Å². The highest BCUT2D eigenvalue weighted by Gasteiger charge is 2.24. The minimum Gasteiger partial charge on any atom is -0.491 e. The van der Waals surface area contributed by atoms with Gasteiger partial charge in [0.1, 0.15) is 5.75 Å². The third kappa shape index (κ3) is 5.26. The van der Waals surface area contributed by atoms with Crippen molar-refractivity contribution in [1.82, 2.24) is 4.90 Å². The van der Waals surface area contributed by atoms with Crippen LogP contribution in [0.1, 0.15) is 64.9 Å². The number of carbonyl (C=O) groups is 1. The first-order chi connectivity index (χ1) is 11.0. The van der Waals surface area contributed by atoms with Crippen molar-refractivity contribution in [2.75, 3.05) is 13.1 Å². The predicted octanol–water partition coefficient (Wildman–Crippen LogP) is 4.62. The van der Waals surface area contributed by atoms with Crippen molar-refractivity contribution < 1.29 is 9.53 Å². The average Bonchev–Trinajstić information content (AvgIpc) is 2.53. The zero-order valence-corrected chi connectivity index (χ0v) is 15.0. The maximum absolute atomic E-state index is 12.6. The third-order valence-corrected chi connectivity index (χ3v) is 4.59. The molecule has 1 aromatic carbocycles. The molecule has 0 aliphatic carbocycles. The van der Waals surface area contributed by atoms with Gasteiger partial charge in [0.25, 0.3) is 0 Å². The standard InChI is InChI=1S/C20H31NO2/c1-15(2)19(14-20(22)21-12-6-5-7-13-21)17-8-10-18(11-9-17)23-16(3)4/h8-11,15-16,19H,5-7,12-14H2,1-4H3/t19-/m1/s1. The molecule has 1 atom stereocenters. The minimum atomic E-state index is 0.183. The first-order valence-electron chi connectivity index (χ1n) is 9.01. The van der Waals surface area contributed by atoms with Gasteiger partial charge in [0.05, 0.1) is 6.10 Å². The van der Waals surface area contributed by atoms with Crippen LogP contribution in [-0.4, -0.2) is 30.0 Å². The average molecular weight is 317 g/mol. The van der Waals surface area contributed by atoms with E-state index in [1.165, 1.54) is 12.0 Å². The van der Waals surface area contributed by atoms with Crippen molar-refractivity contribution >= 4 is 5.91 Å². The maximum Gasteiger partial charge on any atom is 0.223 e. The highest BCUT2D eigenvalue weighted by molar-refractivity contribution is 5.77. The lowest BCUT2D eigenvalue weighted by Crippen LogP contribution is -2.36. The fourth-order valence-electron chi connectivity index (χ4n) is 3.26. The Morgan fingerprint density at radius 2 is 1.65 bits per heavy atom. The fourth-order valence-corrected chi connectivity index (χ4v) is 3.26. The lowest BCUT2D eigenvalue weighted by molar-refractivity contribution is -0.132. The molecule has 0 spiro atoms. The molecule has 1 heterocycles. The Morgan fingerprint density at radius 3 is 2.17 bits per heavy atom. The molecule has 23 heavy (non-hydrogen) atoms. The lowest BCUT2D eigenvalue weighted by Gasteiger charge is -2.29. The van der Waals surface area contributed by atoms with Gasteiger partial charge in [-0.05, 0) is 62.6 Å². The van der Waals surface area contributed by atoms with Gasteiger partial charge in [-0.25, -0.2) is 0 Å². The van der Waals surface area contributed by atoms with Gasteiger partial charge in [0, 0.05) is 19.5 Å². The van der Waals surface area contributed by atoms with Gasteiger partial charge in [-0.2, -0.15) is 0 Å². The van der Waals surface area contributed by atoms with Crippen LogP contribution in [0.5, 0.6) is 5.75 Å². The maximum atomic E-state index is 12.6. The molecule has 0 saturated carbocycles. The molecular weight excluding hydrogens is 286 g/mol. The van der Waals surface area contributed by atoms with Crippen LogP contribution in [0.3, 0.4) is 0 Å². The molecule has 3 nitrogen and oxygen atoms in total. The SMILES string of the molecule is CC(C)Oc1ccc([C@H](CC(=O)N2CCCCC2)C(C)C)cc1. The van der Waals surface area contributed by atoms with E-state index in [0.717, 1.165) is 31.7 Å². The minimum absolute atomic E-state index is 0.183. The van der Waals surface area contributed by atoms with Crippen molar-refractivity contribution in [1.29, 1.82) is 0 Å². The van der Waals surface area contributed by atoms with Crippen LogP contribution in [0, 0.1) is 5.92 Å². The normalized spacial score (nSPS) is 16.7. The van der Waals surface area contributed by atoms with Gasteiger partial charge in [-0.15, -0.1) is 0 Å². The summed E-state index contributed by atoms with van der Waals surface area (Å²) in [5.41, 5.74) is 1.24. The number of benzene rings is 1. The van der Waals surface area contributed by atoms with E-state index in [1.807, 2.05) is 26.0 Å². The summed E-state index contributed by atoms with van der Waals surface area (Å²) >= 11 is 0. The summed E-state index contributed by atoms with van der Waals surface area (Å²) in [5, 5.41) is 0. The molecule has 128 valence electrons. The number of ether oxygens (including phenoxy) is 1. The summed E-state index contributed by atoms with van der Waals surface area (Å²) in [5.74, 6) is 1.93. The van der Waals surface area contributed by atoms with Crippen LogP contribution in [-0.2, 0) is 4.79 Å². The van der Waals surface area contributed by atoms with Crippen molar-refractivity contribution in [2.24, 2.45) is 5.92 Å². The van der Waals surface area contributed by atoms with Crippen LogP contribution in [0.25, 0.3) is 0 Å². The Bertz CT molecular complexity index is 487. The molecule has 0 aromatic heterocycles. The van der Waals surface area contributed by atoms with Gasteiger partial charge < -0.3 is 9.64 Å². The van der Waals surface area contributed by atoms with E-state index in [2.05, 4.69) is 30.9 Å². The van der Waals surface area contributed by atoms with E-state index in [1.54, 1.807) is 0 Å². The molecule has 0 radical (unpaired) electrons. The Hall–Kier alpha value is -1.51. The number of amides is 1. The van der Waals surface area contributed by atoms with Crippen LogP contribution in [0.15, 0.2) is 24.3 Å². The summed E-state index contributed by atoms with van der Waals surface area (Å²) < 4.78 is 5.71. The second-order valence-electron chi connectivity index (χ2n) is 7.23. The Kier molecular flexibility index (Phi) is 6.49. The van der Waals surface area contributed by atoms with Crippen molar-refractivity contribution in [3.8, 4) is 5.75 Å². The molecule has 1 saturated heterocycles. The van der Waals surface area contributed by atoms with Crippen molar-refractivity contribution in [3.63, 3.8) is 0 Å². The van der Waals surface area contributed by atoms with Gasteiger partial charge in [-0.3, -0.25) is 4.79 Å². The molecule has 3 heteroatoms. The van der Waals surface area contributed by atoms with E-state index >= 15 is 0 Å². The number of likely N-dealkylation sites (tertiary alicyclic amines) is 1. The fraction of sp³-hybridized carbons (Fsp3) is 0.650. The number of hydrogen-bond donors (Lipinski definition) is 0. The van der Waals surface area contributed by atoms with E-state index in [-0.39, 0.29) is 12.0 Å². The van der Waals surface area contributed by atoms with Gasteiger partial charge in [0.2, 0.25) is 5.91 Å². The van der Waals surface area contributed by atoms with Crippen molar-refractivity contribution in [2.45, 2.75) is 65.4 Å². The first-order valence-corrected chi connectivity index (χ1v) is 9.01. The van der Waals surface area contributed by atoms with Crippen LogP contribution in [0.4, 0.5) is 0 Å². The number of hydrogen-bond acceptors (Lipinski definition) is 2. The van der Waals surface area contributed by atoms with E-state index in [0.29, 0.717) is 18.2 Å². The van der Waals surface area contributed by atoms with Crippen molar-refractivity contribution in [3.05, 3.63) is 29.8 Å². The summed E-state index contributed by atoms with van der Waals surface area (Å²) in [6.45, 7) is 10.3. The predicted molar refractivity (Wildman–Crippen MR) is 94.8 cm³/mol. The summed E-state index contributed by atoms with van der Waals surface area (Å²) in [4.78, 5) is 14.7. The molecular formula is C20H31NO2. The second-order valence-corrected chi connectivity index (χ2v) is 7.23. The summed E-state index contributed by atoms with van der Waals surface area (Å²) in [6.07, 6.45) is 4.36. The van der Waals surface area contributed by atoms with Crippen LogP contribution < -0.4 is 4.74 Å². The lowest BCUT2D eigenvalue weighted by atomic mass is 9.85. The monoisotopic (exact) mass is 317 g/mol. The summed E-state index contributed by atoms with van der Waals surface area (Å²) in [6, 6.07) is 8.28. The quantitative estimate of drug-likeness (QED) is 0.766. The van der Waals surface area contributed by atoms with Crippen LogP contribution >= 0.6 is 0 Å². The molecule has 2 rings (SSSR count). The Labute approximate surface area is 141 Å². The smallest absolute Gasteiger partial charge is 0.223 e. The largest absolute Gasteiger partial charge is 0.491 e. The zero-order valence-electron chi connectivity index (χ0n) is 15.0. The van der Waals surface area contributed by atoms with E-state index in [4.69, 9.17) is 4.74 Å². The topological polar surface area (TPSA) is 29.5 Å². The Balaban J connectivity index is 2.04. The number of piperidine rings is 1. The first kappa shape index (κ1) is 17.8. The molecule has 1 aliphatic rings. The summed E-state index contributed by atoms with van der Waals surface area (Å²) in [7, 11) is 0. The number of rotatable bonds is 6. The molecule has 0 unspecified atom stereocenters. The van der Waals surface area contributed by atoms with Gasteiger partial charge in [-0.1, -0.05) is 26.0 Å². The van der Waals surface area contributed by atoms with Gasteiger partial charge in [0.15, 0.2) is 0 Å². The molecule has 1 aliphatic heterocycles. The molecule has 0 bridgehead atoms. The van der Waals surface area contributed by atoms with Crippen LogP contribution in [0.2, 0.25) is 0 Å². The zero-order chi connectivity index (χ0) is 16.8. The van der Waals surface area contributed by atoms with E-state index < -0.39 is 0 Å². The second kappa shape index (κ2) is 8.37. The number of carbonyl (C=O) groups excluding carboxylic acids is 1. The highest BCUT2D eigenvalue weighted by atomic mass is 16.5. The molecule has 1 aromatic rings. The molecule has 1 fully saturated rings. The van der Waals surface area contributed by atoms with E-state index in [9.17, 15) is 4.79 Å². The Morgan fingerprint density at radius 1 is 1.04 bits per heavy atom. The third-order valence-electron chi connectivity index (χ3n) is 4.59. The molecule has 0 N–H and O–H groups in total.